The molecule has 0 bridgehead atoms. The second-order valence-corrected chi connectivity index (χ2v) is 8.54. The number of benzene rings is 1. The maximum atomic E-state index is 10.7. The molecule has 1 atom stereocenters. The number of ether oxygens (including phenoxy) is 1. The lowest BCUT2D eigenvalue weighted by atomic mass is 10.1. The van der Waals surface area contributed by atoms with Crippen molar-refractivity contribution in [3.63, 3.8) is 0 Å². The second kappa shape index (κ2) is 9.05. The minimum atomic E-state index is -0.871. The van der Waals surface area contributed by atoms with Crippen LogP contribution < -0.4 is 4.90 Å². The normalized spacial score (nSPS) is 16.5. The first-order chi connectivity index (χ1) is 14.5. The maximum absolute atomic E-state index is 10.7. The SMILES string of the molecule is O=C(O)CCOC[C@@H]1CCCN1c1cc(-n2cncn2)c2cc(Br)c(Cl)c(Cl)c2n1. The van der Waals surface area contributed by atoms with Crippen molar-refractivity contribution >= 4 is 61.8 Å². The molecule has 1 N–H and O–H groups in total. The molecule has 0 amide bonds. The third-order valence-electron chi connectivity index (χ3n) is 5.01. The summed E-state index contributed by atoms with van der Waals surface area (Å²) in [6.07, 6.45) is 4.99. The summed E-state index contributed by atoms with van der Waals surface area (Å²) in [5.74, 6) is -0.137. The van der Waals surface area contributed by atoms with Crippen molar-refractivity contribution in [2.45, 2.75) is 25.3 Å². The van der Waals surface area contributed by atoms with E-state index in [4.69, 9.17) is 38.0 Å². The van der Waals surface area contributed by atoms with Gasteiger partial charge in [0.2, 0.25) is 0 Å². The van der Waals surface area contributed by atoms with E-state index in [1.807, 2.05) is 12.1 Å². The number of hydrogen-bond donors (Lipinski definition) is 1. The highest BCUT2D eigenvalue weighted by molar-refractivity contribution is 9.10. The van der Waals surface area contributed by atoms with Gasteiger partial charge in [0.15, 0.2) is 0 Å². The van der Waals surface area contributed by atoms with E-state index in [9.17, 15) is 4.79 Å². The van der Waals surface area contributed by atoms with Crippen molar-refractivity contribution in [2.75, 3.05) is 24.7 Å². The number of rotatable bonds is 7. The summed E-state index contributed by atoms with van der Waals surface area (Å²) in [5.41, 5.74) is 1.36. The van der Waals surface area contributed by atoms with Gasteiger partial charge in [-0.15, -0.1) is 0 Å². The van der Waals surface area contributed by atoms with E-state index in [2.05, 4.69) is 30.9 Å². The van der Waals surface area contributed by atoms with Crippen molar-refractivity contribution in [1.29, 1.82) is 0 Å². The van der Waals surface area contributed by atoms with Crippen molar-refractivity contribution in [2.24, 2.45) is 0 Å². The van der Waals surface area contributed by atoms with Gasteiger partial charge in [-0.05, 0) is 34.8 Å². The average molecular weight is 515 g/mol. The van der Waals surface area contributed by atoms with E-state index >= 15 is 0 Å². The van der Waals surface area contributed by atoms with Gasteiger partial charge in [0, 0.05) is 22.5 Å². The van der Waals surface area contributed by atoms with E-state index in [1.165, 1.54) is 6.33 Å². The number of nitrogens with zero attached hydrogens (tertiary/aromatic N) is 5. The van der Waals surface area contributed by atoms with Gasteiger partial charge in [0.25, 0.3) is 0 Å². The highest BCUT2D eigenvalue weighted by atomic mass is 79.9. The fourth-order valence-corrected chi connectivity index (χ4v) is 4.53. The van der Waals surface area contributed by atoms with Crippen molar-refractivity contribution in [1.82, 2.24) is 19.7 Å². The lowest BCUT2D eigenvalue weighted by Crippen LogP contribution is -2.34. The zero-order valence-electron chi connectivity index (χ0n) is 15.8. The highest BCUT2D eigenvalue weighted by Gasteiger charge is 2.27. The molecule has 1 fully saturated rings. The van der Waals surface area contributed by atoms with Gasteiger partial charge in [0.1, 0.15) is 18.5 Å². The Bertz CT molecular complexity index is 1080. The number of carboxylic acid groups (broad SMARTS) is 1. The molecule has 3 heterocycles. The van der Waals surface area contributed by atoms with Crippen LogP contribution in [0.4, 0.5) is 5.82 Å². The molecular weight excluding hydrogens is 497 g/mol. The van der Waals surface area contributed by atoms with Gasteiger partial charge in [-0.25, -0.2) is 14.6 Å². The molecule has 0 aliphatic carbocycles. The molecule has 158 valence electrons. The van der Waals surface area contributed by atoms with E-state index in [0.717, 1.165) is 36.3 Å². The topological polar surface area (TPSA) is 93.4 Å². The number of aliphatic carboxylic acids is 1. The first kappa shape index (κ1) is 21.3. The zero-order valence-corrected chi connectivity index (χ0v) is 18.9. The van der Waals surface area contributed by atoms with Gasteiger partial charge < -0.3 is 14.7 Å². The zero-order chi connectivity index (χ0) is 21.3. The van der Waals surface area contributed by atoms with Crippen LogP contribution >= 0.6 is 39.1 Å². The van der Waals surface area contributed by atoms with Crippen LogP contribution in [0.2, 0.25) is 10.0 Å². The molecule has 1 aromatic carbocycles. The summed E-state index contributed by atoms with van der Waals surface area (Å²) in [6, 6.07) is 3.91. The largest absolute Gasteiger partial charge is 0.481 e. The molecule has 0 spiro atoms. The molecule has 30 heavy (non-hydrogen) atoms. The van der Waals surface area contributed by atoms with Crippen LogP contribution in [-0.4, -0.2) is 56.6 Å². The predicted molar refractivity (Wildman–Crippen MR) is 118 cm³/mol. The number of hydrogen-bond acceptors (Lipinski definition) is 6. The van der Waals surface area contributed by atoms with Gasteiger partial charge >= 0.3 is 5.97 Å². The summed E-state index contributed by atoms with van der Waals surface area (Å²) < 4.78 is 7.93. The fourth-order valence-electron chi connectivity index (χ4n) is 3.60. The molecule has 0 unspecified atom stereocenters. The number of pyridine rings is 1. The second-order valence-electron chi connectivity index (χ2n) is 6.93. The summed E-state index contributed by atoms with van der Waals surface area (Å²) in [4.78, 5) is 21.7. The maximum Gasteiger partial charge on any atom is 0.305 e. The number of halogens is 3. The number of carboxylic acids is 1. The lowest BCUT2D eigenvalue weighted by molar-refractivity contribution is -0.138. The average Bonchev–Trinajstić information content (AvgIpc) is 3.41. The molecule has 3 aromatic rings. The van der Waals surface area contributed by atoms with Crippen molar-refractivity contribution in [3.8, 4) is 5.69 Å². The minimum absolute atomic E-state index is 0.0135. The Morgan fingerprint density at radius 1 is 1.33 bits per heavy atom. The first-order valence-corrected chi connectivity index (χ1v) is 10.9. The Hall–Kier alpha value is -1.94. The Morgan fingerprint density at radius 2 is 2.17 bits per heavy atom. The Morgan fingerprint density at radius 3 is 2.90 bits per heavy atom. The van der Waals surface area contributed by atoms with Crippen LogP contribution in [-0.2, 0) is 9.53 Å². The number of anilines is 1. The van der Waals surface area contributed by atoms with Crippen LogP contribution in [0.15, 0.2) is 29.3 Å². The smallest absolute Gasteiger partial charge is 0.305 e. The molecule has 1 aliphatic rings. The molecule has 11 heteroatoms. The number of aromatic nitrogens is 4. The van der Waals surface area contributed by atoms with Crippen LogP contribution in [0.3, 0.4) is 0 Å². The van der Waals surface area contributed by atoms with Gasteiger partial charge in [-0.3, -0.25) is 4.79 Å². The van der Waals surface area contributed by atoms with Gasteiger partial charge in [-0.1, -0.05) is 23.2 Å². The first-order valence-electron chi connectivity index (χ1n) is 9.35. The molecule has 8 nitrogen and oxygen atoms in total. The molecule has 1 aliphatic heterocycles. The van der Waals surface area contributed by atoms with E-state index in [-0.39, 0.29) is 19.1 Å². The Kier molecular flexibility index (Phi) is 6.43. The summed E-state index contributed by atoms with van der Waals surface area (Å²) in [5, 5.41) is 14.6. The van der Waals surface area contributed by atoms with Crippen LogP contribution in [0.1, 0.15) is 19.3 Å². The summed E-state index contributed by atoms with van der Waals surface area (Å²) in [7, 11) is 0. The van der Waals surface area contributed by atoms with Crippen LogP contribution in [0.25, 0.3) is 16.6 Å². The highest BCUT2D eigenvalue weighted by Crippen LogP contribution is 2.40. The molecule has 4 rings (SSSR count). The van der Waals surface area contributed by atoms with E-state index in [0.29, 0.717) is 26.6 Å². The minimum Gasteiger partial charge on any atom is -0.481 e. The summed E-state index contributed by atoms with van der Waals surface area (Å²) in [6.45, 7) is 1.43. The Labute approximate surface area is 190 Å². The summed E-state index contributed by atoms with van der Waals surface area (Å²) >= 11 is 16.3. The predicted octanol–water partition coefficient (Wildman–Crippen LogP) is 4.34. The van der Waals surface area contributed by atoms with Crippen molar-refractivity contribution < 1.29 is 14.6 Å². The third-order valence-corrected chi connectivity index (χ3v) is 6.72. The molecule has 0 saturated carbocycles. The molecular formula is C19H18BrCl2N5O3. The molecule has 0 radical (unpaired) electrons. The fraction of sp³-hybridized carbons (Fsp3) is 0.368. The van der Waals surface area contributed by atoms with Gasteiger partial charge in [-0.2, -0.15) is 5.10 Å². The number of fused-ring (bicyclic) bond motifs is 1. The van der Waals surface area contributed by atoms with Gasteiger partial charge in [0.05, 0.1) is 46.9 Å². The van der Waals surface area contributed by atoms with Crippen LogP contribution in [0.5, 0.6) is 0 Å². The monoisotopic (exact) mass is 513 g/mol. The standard InChI is InChI=1S/C19H18BrCl2N5O3/c20-13-6-12-14(27-10-23-9-24-27)7-15(25-19(12)18(22)17(13)21)26-4-1-2-11(26)8-30-5-3-16(28)29/h6-7,9-11H,1-5,8H2,(H,28,29)/t11-/m0/s1. The molecule has 1 saturated heterocycles. The molecule has 2 aromatic heterocycles. The lowest BCUT2D eigenvalue weighted by Gasteiger charge is -2.26. The van der Waals surface area contributed by atoms with E-state index < -0.39 is 5.97 Å². The Balaban J connectivity index is 1.73. The van der Waals surface area contributed by atoms with E-state index in [1.54, 1.807) is 11.0 Å². The quantitative estimate of drug-likeness (QED) is 0.370. The van der Waals surface area contributed by atoms with Crippen molar-refractivity contribution in [3.05, 3.63) is 39.3 Å². The third kappa shape index (κ3) is 4.25. The van der Waals surface area contributed by atoms with Crippen LogP contribution in [0, 0.1) is 0 Å². The number of carbonyl (C=O) groups is 1.